The molecule has 1 aromatic carbocycles. The predicted octanol–water partition coefficient (Wildman–Crippen LogP) is 4.11. The SMILES string of the molecule is CCCCOC(C)CCCC#Cc1ccc(C(=O)O)cc1. The van der Waals surface area contributed by atoms with Crippen LogP contribution in [0.2, 0.25) is 0 Å². The van der Waals surface area contributed by atoms with Crippen molar-refractivity contribution >= 4 is 5.97 Å². The Bertz CT molecular complexity index is 479. The Labute approximate surface area is 127 Å². The molecule has 0 amide bonds. The van der Waals surface area contributed by atoms with Crippen molar-refractivity contribution in [3.05, 3.63) is 35.4 Å². The van der Waals surface area contributed by atoms with E-state index in [0.717, 1.165) is 37.9 Å². The number of carboxylic acids is 1. The third-order valence-corrected chi connectivity index (χ3v) is 3.18. The maximum Gasteiger partial charge on any atom is 0.335 e. The van der Waals surface area contributed by atoms with Crippen molar-refractivity contribution in [2.24, 2.45) is 0 Å². The maximum atomic E-state index is 10.7. The summed E-state index contributed by atoms with van der Waals surface area (Å²) in [7, 11) is 0. The molecular weight excluding hydrogens is 264 g/mol. The minimum atomic E-state index is -0.911. The second kappa shape index (κ2) is 10.0. The van der Waals surface area contributed by atoms with Crippen molar-refractivity contribution in [2.75, 3.05) is 6.61 Å². The molecule has 0 radical (unpaired) electrons. The van der Waals surface area contributed by atoms with Gasteiger partial charge in [0.25, 0.3) is 0 Å². The summed E-state index contributed by atoms with van der Waals surface area (Å²) in [5.74, 6) is 5.26. The second-order valence-electron chi connectivity index (χ2n) is 5.11. The number of hydrogen-bond donors (Lipinski definition) is 1. The highest BCUT2D eigenvalue weighted by molar-refractivity contribution is 5.87. The summed E-state index contributed by atoms with van der Waals surface area (Å²) in [6, 6.07) is 6.64. The summed E-state index contributed by atoms with van der Waals surface area (Å²) in [4.78, 5) is 10.7. The van der Waals surface area contributed by atoms with Crippen molar-refractivity contribution in [3.63, 3.8) is 0 Å². The summed E-state index contributed by atoms with van der Waals surface area (Å²) in [5, 5.41) is 8.80. The van der Waals surface area contributed by atoms with Crippen LogP contribution in [0.3, 0.4) is 0 Å². The molecule has 0 aromatic heterocycles. The number of ether oxygens (including phenoxy) is 1. The van der Waals surface area contributed by atoms with Gasteiger partial charge in [0.2, 0.25) is 0 Å². The molecule has 0 bridgehead atoms. The largest absolute Gasteiger partial charge is 0.478 e. The van der Waals surface area contributed by atoms with Crippen molar-refractivity contribution < 1.29 is 14.6 Å². The number of benzene rings is 1. The first-order chi connectivity index (χ1) is 10.1. The molecule has 1 unspecified atom stereocenters. The van der Waals surface area contributed by atoms with Crippen molar-refractivity contribution in [2.45, 2.75) is 52.1 Å². The number of rotatable bonds is 8. The average molecular weight is 288 g/mol. The number of unbranched alkanes of at least 4 members (excludes halogenated alkanes) is 2. The van der Waals surface area contributed by atoms with Gasteiger partial charge in [0, 0.05) is 18.6 Å². The zero-order chi connectivity index (χ0) is 15.5. The molecule has 3 nitrogen and oxygen atoms in total. The van der Waals surface area contributed by atoms with Crippen LogP contribution in [-0.4, -0.2) is 23.8 Å². The summed E-state index contributed by atoms with van der Waals surface area (Å²) in [6.07, 6.45) is 5.47. The lowest BCUT2D eigenvalue weighted by Crippen LogP contribution is -2.08. The van der Waals surface area contributed by atoms with E-state index < -0.39 is 5.97 Å². The zero-order valence-electron chi connectivity index (χ0n) is 12.9. The monoisotopic (exact) mass is 288 g/mol. The van der Waals surface area contributed by atoms with Crippen molar-refractivity contribution in [1.82, 2.24) is 0 Å². The molecule has 21 heavy (non-hydrogen) atoms. The van der Waals surface area contributed by atoms with Crippen LogP contribution in [0.5, 0.6) is 0 Å². The molecule has 0 heterocycles. The van der Waals surface area contributed by atoms with Gasteiger partial charge < -0.3 is 9.84 Å². The topological polar surface area (TPSA) is 46.5 Å². The molecule has 1 rings (SSSR count). The van der Waals surface area contributed by atoms with Crippen LogP contribution in [0.4, 0.5) is 0 Å². The van der Waals surface area contributed by atoms with Gasteiger partial charge in [-0.1, -0.05) is 25.2 Å². The molecule has 0 aliphatic heterocycles. The average Bonchev–Trinajstić information content (AvgIpc) is 2.47. The van der Waals surface area contributed by atoms with Gasteiger partial charge in [-0.15, -0.1) is 0 Å². The second-order valence-corrected chi connectivity index (χ2v) is 5.11. The lowest BCUT2D eigenvalue weighted by atomic mass is 10.1. The molecular formula is C18H24O3. The summed E-state index contributed by atoms with van der Waals surface area (Å²) >= 11 is 0. The predicted molar refractivity (Wildman–Crippen MR) is 84.5 cm³/mol. The number of aromatic carboxylic acids is 1. The fourth-order valence-corrected chi connectivity index (χ4v) is 1.85. The van der Waals surface area contributed by atoms with Crippen molar-refractivity contribution in [1.29, 1.82) is 0 Å². The highest BCUT2D eigenvalue weighted by atomic mass is 16.5. The highest BCUT2D eigenvalue weighted by Crippen LogP contribution is 2.06. The Kier molecular flexibility index (Phi) is 8.23. The number of carbonyl (C=O) groups is 1. The van der Waals surface area contributed by atoms with E-state index in [-0.39, 0.29) is 0 Å². The first kappa shape index (κ1) is 17.3. The zero-order valence-corrected chi connectivity index (χ0v) is 12.9. The van der Waals surface area contributed by atoms with Gasteiger partial charge in [-0.2, -0.15) is 0 Å². The standard InChI is InChI=1S/C18H24O3/c1-3-4-14-21-15(2)8-6-5-7-9-16-10-12-17(13-11-16)18(19)20/h10-13,15H,3-6,8,14H2,1-2H3,(H,19,20). The summed E-state index contributed by atoms with van der Waals surface area (Å²) < 4.78 is 5.68. The maximum absolute atomic E-state index is 10.7. The third kappa shape index (κ3) is 7.53. The van der Waals surface area contributed by atoms with E-state index in [0.29, 0.717) is 11.7 Å². The van der Waals surface area contributed by atoms with E-state index in [4.69, 9.17) is 9.84 Å². The smallest absolute Gasteiger partial charge is 0.335 e. The normalized spacial score (nSPS) is 11.5. The van der Waals surface area contributed by atoms with Gasteiger partial charge in [0.05, 0.1) is 11.7 Å². The number of hydrogen-bond acceptors (Lipinski definition) is 2. The van der Waals surface area contributed by atoms with Crippen LogP contribution in [0.1, 0.15) is 61.9 Å². The van der Waals surface area contributed by atoms with Gasteiger partial charge >= 0.3 is 5.97 Å². The molecule has 0 saturated heterocycles. The molecule has 1 atom stereocenters. The Hall–Kier alpha value is -1.79. The molecule has 0 spiro atoms. The van der Waals surface area contributed by atoms with Crippen LogP contribution >= 0.6 is 0 Å². The lowest BCUT2D eigenvalue weighted by Gasteiger charge is -2.11. The minimum absolute atomic E-state index is 0.290. The van der Waals surface area contributed by atoms with Gasteiger partial charge in [0.15, 0.2) is 0 Å². The molecule has 1 aromatic rings. The van der Waals surface area contributed by atoms with Crippen LogP contribution in [0.25, 0.3) is 0 Å². The van der Waals surface area contributed by atoms with E-state index >= 15 is 0 Å². The third-order valence-electron chi connectivity index (χ3n) is 3.18. The summed E-state index contributed by atoms with van der Waals surface area (Å²) in [6.45, 7) is 5.11. The van der Waals surface area contributed by atoms with E-state index in [1.807, 2.05) is 0 Å². The van der Waals surface area contributed by atoms with Crippen LogP contribution in [0.15, 0.2) is 24.3 Å². The van der Waals surface area contributed by atoms with E-state index in [9.17, 15) is 4.79 Å². The molecule has 1 N–H and O–H groups in total. The van der Waals surface area contributed by atoms with Gasteiger partial charge in [-0.05, 0) is 50.5 Å². The fourth-order valence-electron chi connectivity index (χ4n) is 1.85. The van der Waals surface area contributed by atoms with E-state index in [2.05, 4.69) is 25.7 Å². The van der Waals surface area contributed by atoms with Gasteiger partial charge in [0.1, 0.15) is 0 Å². The van der Waals surface area contributed by atoms with Crippen LogP contribution in [0, 0.1) is 11.8 Å². The Morgan fingerprint density at radius 1 is 1.29 bits per heavy atom. The quantitative estimate of drug-likeness (QED) is 0.578. The summed E-state index contributed by atoms with van der Waals surface area (Å²) in [5.41, 5.74) is 1.14. The number of carboxylic acid groups (broad SMARTS) is 1. The van der Waals surface area contributed by atoms with Gasteiger partial charge in [-0.3, -0.25) is 0 Å². The molecule has 0 aliphatic carbocycles. The first-order valence-corrected chi connectivity index (χ1v) is 7.57. The fraction of sp³-hybridized carbons (Fsp3) is 0.500. The molecule has 0 saturated carbocycles. The van der Waals surface area contributed by atoms with E-state index in [1.165, 1.54) is 6.42 Å². The highest BCUT2D eigenvalue weighted by Gasteiger charge is 2.01. The van der Waals surface area contributed by atoms with Crippen LogP contribution < -0.4 is 0 Å². The van der Waals surface area contributed by atoms with Crippen molar-refractivity contribution in [3.8, 4) is 11.8 Å². The Morgan fingerprint density at radius 3 is 2.62 bits per heavy atom. The van der Waals surface area contributed by atoms with E-state index in [1.54, 1.807) is 24.3 Å². The first-order valence-electron chi connectivity index (χ1n) is 7.57. The van der Waals surface area contributed by atoms with Crippen LogP contribution in [-0.2, 0) is 4.74 Å². The molecule has 0 aliphatic rings. The minimum Gasteiger partial charge on any atom is -0.478 e. The molecule has 3 heteroatoms. The molecule has 114 valence electrons. The molecule has 0 fully saturated rings. The Balaban J connectivity index is 2.25. The lowest BCUT2D eigenvalue weighted by molar-refractivity contribution is 0.0573. The Morgan fingerprint density at radius 2 is 2.00 bits per heavy atom. The van der Waals surface area contributed by atoms with Gasteiger partial charge in [-0.25, -0.2) is 4.79 Å².